The molecule has 1 saturated carbocycles. The predicted octanol–water partition coefficient (Wildman–Crippen LogP) is 2.89. The summed E-state index contributed by atoms with van der Waals surface area (Å²) in [5, 5.41) is 7.67. The molecular formula is C14H20N4S. The Hall–Kier alpha value is -1.20. The molecule has 3 rings (SSSR count). The summed E-state index contributed by atoms with van der Waals surface area (Å²) in [6.07, 6.45) is 4.56. The molecule has 1 aliphatic rings. The average molecular weight is 276 g/mol. The normalized spacial score (nSPS) is 18.1. The van der Waals surface area contributed by atoms with Crippen LogP contribution in [0.1, 0.15) is 42.1 Å². The van der Waals surface area contributed by atoms with Crippen molar-refractivity contribution < 1.29 is 0 Å². The van der Waals surface area contributed by atoms with Gasteiger partial charge in [0.25, 0.3) is 0 Å². The molecule has 4 nitrogen and oxygen atoms in total. The van der Waals surface area contributed by atoms with Gasteiger partial charge in [0.2, 0.25) is 0 Å². The molecule has 102 valence electrons. The maximum Gasteiger partial charge on any atom is 0.113 e. The second-order valence-corrected chi connectivity index (χ2v) is 6.43. The second-order valence-electron chi connectivity index (χ2n) is 5.57. The first kappa shape index (κ1) is 12.8. The molecular weight excluding hydrogens is 256 g/mol. The van der Waals surface area contributed by atoms with Crippen LogP contribution in [0.3, 0.4) is 0 Å². The first-order valence-corrected chi connectivity index (χ1v) is 7.65. The van der Waals surface area contributed by atoms with Crippen LogP contribution in [0.15, 0.2) is 5.38 Å². The van der Waals surface area contributed by atoms with E-state index in [1.807, 2.05) is 18.7 Å². The first-order valence-electron chi connectivity index (χ1n) is 6.77. The zero-order valence-corrected chi connectivity index (χ0v) is 12.5. The number of hydrogen-bond donors (Lipinski definition) is 1. The largest absolute Gasteiger partial charge is 0.319 e. The van der Waals surface area contributed by atoms with Crippen LogP contribution in [0.25, 0.3) is 11.3 Å². The fourth-order valence-corrected chi connectivity index (χ4v) is 3.97. The fraction of sp³-hybridized carbons (Fsp3) is 0.571. The molecule has 0 unspecified atom stereocenters. The van der Waals surface area contributed by atoms with Gasteiger partial charge in [-0.3, -0.25) is 4.68 Å². The molecule has 2 heterocycles. The first-order chi connectivity index (χ1) is 9.01. The number of thiazole rings is 1. The Morgan fingerprint density at radius 1 is 1.32 bits per heavy atom. The van der Waals surface area contributed by atoms with E-state index < -0.39 is 0 Å². The molecule has 2 N–H and O–H groups in total. The number of nitrogens with zero attached hydrogens (tertiary/aromatic N) is 3. The van der Waals surface area contributed by atoms with Crippen molar-refractivity contribution in [1.82, 2.24) is 14.8 Å². The van der Waals surface area contributed by atoms with E-state index in [1.54, 1.807) is 11.3 Å². The van der Waals surface area contributed by atoms with Crippen molar-refractivity contribution in [3.8, 4) is 11.3 Å². The van der Waals surface area contributed by atoms with E-state index in [1.165, 1.54) is 12.8 Å². The van der Waals surface area contributed by atoms with Crippen molar-refractivity contribution in [2.45, 2.75) is 45.1 Å². The highest BCUT2D eigenvalue weighted by Crippen LogP contribution is 2.39. The molecule has 2 aromatic heterocycles. The van der Waals surface area contributed by atoms with Crippen molar-refractivity contribution in [1.29, 1.82) is 0 Å². The van der Waals surface area contributed by atoms with Gasteiger partial charge in [-0.2, -0.15) is 5.10 Å². The number of nitrogens with two attached hydrogens (primary N) is 1. The third-order valence-corrected chi connectivity index (χ3v) is 5.25. The summed E-state index contributed by atoms with van der Waals surface area (Å²) in [5.41, 5.74) is 10.7. The van der Waals surface area contributed by atoms with Crippen LogP contribution in [0.5, 0.6) is 0 Å². The Kier molecular flexibility index (Phi) is 2.98. The van der Waals surface area contributed by atoms with Gasteiger partial charge in [-0.1, -0.05) is 12.8 Å². The number of rotatable bonds is 2. The van der Waals surface area contributed by atoms with Crippen molar-refractivity contribution in [2.75, 3.05) is 0 Å². The Bertz CT molecular complexity index is 605. The zero-order valence-electron chi connectivity index (χ0n) is 11.7. The lowest BCUT2D eigenvalue weighted by Gasteiger charge is -2.19. The van der Waals surface area contributed by atoms with Crippen molar-refractivity contribution in [3.63, 3.8) is 0 Å². The molecule has 0 spiro atoms. The highest BCUT2D eigenvalue weighted by molar-refractivity contribution is 7.10. The Morgan fingerprint density at radius 3 is 2.58 bits per heavy atom. The highest BCUT2D eigenvalue weighted by Gasteiger charge is 2.34. The van der Waals surface area contributed by atoms with Gasteiger partial charge in [0.1, 0.15) is 5.01 Å². The predicted molar refractivity (Wildman–Crippen MR) is 78.1 cm³/mol. The molecule has 0 amide bonds. The lowest BCUT2D eigenvalue weighted by Crippen LogP contribution is -2.32. The summed E-state index contributed by atoms with van der Waals surface area (Å²) < 4.78 is 1.91. The van der Waals surface area contributed by atoms with Crippen molar-refractivity contribution >= 4 is 11.3 Å². The van der Waals surface area contributed by atoms with E-state index in [4.69, 9.17) is 10.7 Å². The van der Waals surface area contributed by atoms with E-state index in [2.05, 4.69) is 17.4 Å². The second kappa shape index (κ2) is 4.42. The highest BCUT2D eigenvalue weighted by atomic mass is 32.1. The fourth-order valence-electron chi connectivity index (χ4n) is 2.98. The molecule has 19 heavy (non-hydrogen) atoms. The third-order valence-electron chi connectivity index (χ3n) is 4.19. The minimum absolute atomic E-state index is 0.188. The molecule has 2 aromatic rings. The molecule has 0 aliphatic heterocycles. The number of aromatic nitrogens is 3. The standard InChI is InChI=1S/C14H20N4S/c1-9-12(10(2)18(3)17-9)11-8-19-13(16-11)14(15)6-4-5-7-14/h8H,4-7,15H2,1-3H3. The summed E-state index contributed by atoms with van der Waals surface area (Å²) >= 11 is 1.69. The third kappa shape index (κ3) is 2.01. The maximum absolute atomic E-state index is 6.48. The molecule has 0 atom stereocenters. The van der Waals surface area contributed by atoms with Crippen LogP contribution in [-0.4, -0.2) is 14.8 Å². The lowest BCUT2D eigenvalue weighted by molar-refractivity contribution is 0.459. The van der Waals surface area contributed by atoms with E-state index in [0.717, 1.165) is 40.5 Å². The average Bonchev–Trinajstić information content (AvgIpc) is 3.03. The zero-order chi connectivity index (χ0) is 13.6. The van der Waals surface area contributed by atoms with E-state index >= 15 is 0 Å². The number of aryl methyl sites for hydroxylation is 2. The van der Waals surface area contributed by atoms with Crippen molar-refractivity contribution in [3.05, 3.63) is 21.8 Å². The van der Waals surface area contributed by atoms with Crippen LogP contribution < -0.4 is 5.73 Å². The Labute approximate surface area is 117 Å². The smallest absolute Gasteiger partial charge is 0.113 e. The van der Waals surface area contributed by atoms with Gasteiger partial charge in [-0.05, 0) is 26.7 Å². The van der Waals surface area contributed by atoms with Gasteiger partial charge >= 0.3 is 0 Å². The van der Waals surface area contributed by atoms with Crippen LogP contribution in [0.4, 0.5) is 0 Å². The molecule has 0 saturated heterocycles. The van der Waals surface area contributed by atoms with Gasteiger partial charge < -0.3 is 5.73 Å². The summed E-state index contributed by atoms with van der Waals surface area (Å²) in [4.78, 5) is 4.81. The van der Waals surface area contributed by atoms with Gasteiger partial charge in [-0.25, -0.2) is 4.98 Å². The van der Waals surface area contributed by atoms with Gasteiger partial charge in [0.05, 0.1) is 16.9 Å². The van der Waals surface area contributed by atoms with Gasteiger partial charge in [-0.15, -0.1) is 11.3 Å². The Morgan fingerprint density at radius 2 is 2.00 bits per heavy atom. The SMILES string of the molecule is Cc1nn(C)c(C)c1-c1csc(C2(N)CCCC2)n1. The molecule has 0 aromatic carbocycles. The van der Waals surface area contributed by atoms with Crippen LogP contribution in [-0.2, 0) is 12.6 Å². The van der Waals surface area contributed by atoms with Crippen LogP contribution >= 0.6 is 11.3 Å². The monoisotopic (exact) mass is 276 g/mol. The van der Waals surface area contributed by atoms with E-state index in [9.17, 15) is 0 Å². The summed E-state index contributed by atoms with van der Waals surface area (Å²) in [5.74, 6) is 0. The molecule has 1 aliphatic carbocycles. The number of hydrogen-bond acceptors (Lipinski definition) is 4. The summed E-state index contributed by atoms with van der Waals surface area (Å²) in [7, 11) is 1.97. The van der Waals surface area contributed by atoms with Crippen LogP contribution in [0.2, 0.25) is 0 Å². The van der Waals surface area contributed by atoms with E-state index in [0.29, 0.717) is 0 Å². The molecule has 0 bridgehead atoms. The molecule has 5 heteroatoms. The quantitative estimate of drug-likeness (QED) is 0.917. The maximum atomic E-state index is 6.48. The van der Waals surface area contributed by atoms with Crippen LogP contribution in [0, 0.1) is 13.8 Å². The minimum Gasteiger partial charge on any atom is -0.319 e. The summed E-state index contributed by atoms with van der Waals surface area (Å²) in [6, 6.07) is 0. The lowest BCUT2D eigenvalue weighted by atomic mass is 10.0. The minimum atomic E-state index is -0.188. The molecule has 0 radical (unpaired) electrons. The van der Waals surface area contributed by atoms with Gasteiger partial charge in [0.15, 0.2) is 0 Å². The summed E-state index contributed by atoms with van der Waals surface area (Å²) in [6.45, 7) is 4.12. The van der Waals surface area contributed by atoms with Crippen molar-refractivity contribution in [2.24, 2.45) is 12.8 Å². The topological polar surface area (TPSA) is 56.7 Å². The Balaban J connectivity index is 2.01. The van der Waals surface area contributed by atoms with E-state index in [-0.39, 0.29) is 5.54 Å². The molecule has 1 fully saturated rings. The van der Waals surface area contributed by atoms with Gasteiger partial charge in [0, 0.05) is 23.7 Å².